The van der Waals surface area contributed by atoms with Gasteiger partial charge >= 0.3 is 0 Å². The minimum atomic E-state index is 0.420. The van der Waals surface area contributed by atoms with Crippen LogP contribution in [0.1, 0.15) is 31.5 Å². The van der Waals surface area contributed by atoms with Crippen LogP contribution in [0.15, 0.2) is 18.3 Å². The molecule has 0 amide bonds. The summed E-state index contributed by atoms with van der Waals surface area (Å²) in [5.41, 5.74) is 2.79. The predicted octanol–water partition coefficient (Wildman–Crippen LogP) is 3.01. The van der Waals surface area contributed by atoms with Gasteiger partial charge in [0.05, 0.1) is 0 Å². The Bertz CT molecular complexity index is 359. The molecule has 1 unspecified atom stereocenters. The van der Waals surface area contributed by atoms with E-state index in [0.29, 0.717) is 11.5 Å². The van der Waals surface area contributed by atoms with Gasteiger partial charge in [0.1, 0.15) is 0 Å². The maximum absolute atomic E-state index is 4.33. The first-order valence-electron chi connectivity index (χ1n) is 6.30. The quantitative estimate of drug-likeness (QED) is 0.892. The van der Waals surface area contributed by atoms with E-state index in [9.17, 15) is 0 Å². The number of hydrogen-bond acceptors (Lipinski definition) is 3. The highest BCUT2D eigenvalue weighted by molar-refractivity contribution is 7.99. The third-order valence-electron chi connectivity index (χ3n) is 3.64. The lowest BCUT2D eigenvalue weighted by Gasteiger charge is -2.38. The predicted molar refractivity (Wildman–Crippen MR) is 75.3 cm³/mol. The van der Waals surface area contributed by atoms with Gasteiger partial charge in [-0.2, -0.15) is 11.8 Å². The molecule has 0 aromatic carbocycles. The van der Waals surface area contributed by atoms with Crippen molar-refractivity contribution in [2.45, 2.75) is 39.8 Å². The second-order valence-electron chi connectivity index (χ2n) is 5.55. The van der Waals surface area contributed by atoms with E-state index in [-0.39, 0.29) is 0 Å². The largest absolute Gasteiger partial charge is 0.309 e. The third-order valence-corrected chi connectivity index (χ3v) is 4.71. The molecule has 1 aliphatic heterocycles. The Labute approximate surface area is 109 Å². The van der Waals surface area contributed by atoms with E-state index in [1.165, 1.54) is 23.5 Å². The van der Waals surface area contributed by atoms with Crippen LogP contribution in [0.3, 0.4) is 0 Å². The SMILES string of the molecule is Cc1ccc(CNC2CSCCC2(C)C)cn1. The molecule has 1 aromatic rings. The van der Waals surface area contributed by atoms with Gasteiger partial charge in [0.25, 0.3) is 0 Å². The molecule has 0 bridgehead atoms. The van der Waals surface area contributed by atoms with Crippen LogP contribution in [0.5, 0.6) is 0 Å². The third kappa shape index (κ3) is 3.46. The van der Waals surface area contributed by atoms with Gasteiger partial charge in [-0.25, -0.2) is 0 Å². The molecule has 94 valence electrons. The minimum Gasteiger partial charge on any atom is -0.309 e. The molecule has 1 N–H and O–H groups in total. The van der Waals surface area contributed by atoms with Gasteiger partial charge in [-0.05, 0) is 36.1 Å². The van der Waals surface area contributed by atoms with Crippen LogP contribution in [0.2, 0.25) is 0 Å². The molecule has 2 rings (SSSR count). The van der Waals surface area contributed by atoms with Gasteiger partial charge < -0.3 is 5.32 Å². The van der Waals surface area contributed by atoms with Crippen molar-refractivity contribution >= 4 is 11.8 Å². The molecular formula is C14H22N2S. The molecular weight excluding hydrogens is 228 g/mol. The van der Waals surface area contributed by atoms with Crippen molar-refractivity contribution in [3.63, 3.8) is 0 Å². The van der Waals surface area contributed by atoms with E-state index >= 15 is 0 Å². The zero-order valence-electron chi connectivity index (χ0n) is 11.0. The summed E-state index contributed by atoms with van der Waals surface area (Å²) in [5, 5.41) is 3.69. The van der Waals surface area contributed by atoms with Gasteiger partial charge in [-0.1, -0.05) is 19.9 Å². The summed E-state index contributed by atoms with van der Waals surface area (Å²) in [6.45, 7) is 7.70. The van der Waals surface area contributed by atoms with Crippen molar-refractivity contribution in [2.75, 3.05) is 11.5 Å². The molecule has 1 aromatic heterocycles. The summed E-state index contributed by atoms with van der Waals surface area (Å²) in [4.78, 5) is 4.33. The van der Waals surface area contributed by atoms with E-state index < -0.39 is 0 Å². The minimum absolute atomic E-state index is 0.420. The number of nitrogens with zero attached hydrogens (tertiary/aromatic N) is 1. The number of aromatic nitrogens is 1. The Morgan fingerprint density at radius 1 is 1.47 bits per heavy atom. The molecule has 1 atom stereocenters. The maximum atomic E-state index is 4.33. The summed E-state index contributed by atoms with van der Waals surface area (Å²) in [7, 11) is 0. The highest BCUT2D eigenvalue weighted by Gasteiger charge is 2.31. The smallest absolute Gasteiger partial charge is 0.0372 e. The maximum Gasteiger partial charge on any atom is 0.0372 e. The fourth-order valence-corrected chi connectivity index (χ4v) is 3.76. The molecule has 2 nitrogen and oxygen atoms in total. The molecule has 1 aliphatic rings. The lowest BCUT2D eigenvalue weighted by Crippen LogP contribution is -2.46. The second-order valence-corrected chi connectivity index (χ2v) is 6.70. The number of thioether (sulfide) groups is 1. The lowest BCUT2D eigenvalue weighted by molar-refractivity contribution is 0.245. The van der Waals surface area contributed by atoms with Crippen LogP contribution in [-0.4, -0.2) is 22.5 Å². The van der Waals surface area contributed by atoms with Crippen molar-refractivity contribution in [1.82, 2.24) is 10.3 Å². The van der Waals surface area contributed by atoms with E-state index in [4.69, 9.17) is 0 Å². The first kappa shape index (κ1) is 12.9. The first-order chi connectivity index (χ1) is 8.08. The molecule has 0 spiro atoms. The number of nitrogens with one attached hydrogen (secondary N) is 1. The van der Waals surface area contributed by atoms with Gasteiger partial charge in [0.15, 0.2) is 0 Å². The summed E-state index contributed by atoms with van der Waals surface area (Å²) in [6, 6.07) is 4.86. The first-order valence-corrected chi connectivity index (χ1v) is 7.46. The molecule has 17 heavy (non-hydrogen) atoms. The molecule has 2 heterocycles. The van der Waals surface area contributed by atoms with Crippen molar-refractivity contribution in [3.8, 4) is 0 Å². The summed E-state index contributed by atoms with van der Waals surface area (Å²) in [6.07, 6.45) is 3.28. The van der Waals surface area contributed by atoms with Crippen molar-refractivity contribution in [2.24, 2.45) is 5.41 Å². The molecule has 1 saturated heterocycles. The van der Waals surface area contributed by atoms with Gasteiger partial charge in [0.2, 0.25) is 0 Å². The Kier molecular flexibility index (Phi) is 4.10. The van der Waals surface area contributed by atoms with Gasteiger partial charge in [0, 0.05) is 30.2 Å². The monoisotopic (exact) mass is 250 g/mol. The van der Waals surface area contributed by atoms with Crippen molar-refractivity contribution < 1.29 is 0 Å². The fourth-order valence-electron chi connectivity index (χ4n) is 2.12. The molecule has 0 saturated carbocycles. The number of pyridine rings is 1. The Balaban J connectivity index is 1.91. The Morgan fingerprint density at radius 2 is 2.29 bits per heavy atom. The molecule has 1 fully saturated rings. The van der Waals surface area contributed by atoms with Crippen molar-refractivity contribution in [1.29, 1.82) is 0 Å². The van der Waals surface area contributed by atoms with Crippen LogP contribution in [-0.2, 0) is 6.54 Å². The van der Waals surface area contributed by atoms with Gasteiger partial charge in [-0.15, -0.1) is 0 Å². The number of aryl methyl sites for hydroxylation is 1. The molecule has 0 aliphatic carbocycles. The van der Waals surface area contributed by atoms with Crippen molar-refractivity contribution in [3.05, 3.63) is 29.6 Å². The normalized spacial score (nSPS) is 23.6. The van der Waals surface area contributed by atoms with E-state index in [0.717, 1.165) is 12.2 Å². The highest BCUT2D eigenvalue weighted by atomic mass is 32.2. The zero-order valence-corrected chi connectivity index (χ0v) is 11.8. The summed E-state index contributed by atoms with van der Waals surface area (Å²) in [5.74, 6) is 2.53. The Morgan fingerprint density at radius 3 is 2.94 bits per heavy atom. The van der Waals surface area contributed by atoms with E-state index in [1.54, 1.807) is 0 Å². The highest BCUT2D eigenvalue weighted by Crippen LogP contribution is 2.34. The van der Waals surface area contributed by atoms with E-state index in [2.05, 4.69) is 48.0 Å². The lowest BCUT2D eigenvalue weighted by atomic mass is 9.82. The number of rotatable bonds is 3. The standard InChI is InChI=1S/C14H22N2S/c1-11-4-5-12(8-15-11)9-16-13-10-17-7-6-14(13,2)3/h4-5,8,13,16H,6-7,9-10H2,1-3H3. The average molecular weight is 250 g/mol. The van der Waals surface area contributed by atoms with Crippen LogP contribution in [0.4, 0.5) is 0 Å². The molecule has 0 radical (unpaired) electrons. The number of hydrogen-bond donors (Lipinski definition) is 1. The second kappa shape index (κ2) is 5.40. The summed E-state index contributed by atoms with van der Waals surface area (Å²) < 4.78 is 0. The van der Waals surface area contributed by atoms with Crippen LogP contribution in [0, 0.1) is 12.3 Å². The molecule has 3 heteroatoms. The summed E-state index contributed by atoms with van der Waals surface area (Å²) >= 11 is 2.06. The topological polar surface area (TPSA) is 24.9 Å². The average Bonchev–Trinajstić information content (AvgIpc) is 2.29. The van der Waals surface area contributed by atoms with E-state index in [1.807, 2.05) is 13.1 Å². The Hall–Kier alpha value is -0.540. The van der Waals surface area contributed by atoms with Crippen LogP contribution >= 0.6 is 11.8 Å². The van der Waals surface area contributed by atoms with Crippen LogP contribution < -0.4 is 5.32 Å². The van der Waals surface area contributed by atoms with Gasteiger partial charge in [-0.3, -0.25) is 4.98 Å². The fraction of sp³-hybridized carbons (Fsp3) is 0.643. The zero-order chi connectivity index (χ0) is 12.3. The van der Waals surface area contributed by atoms with Crippen LogP contribution in [0.25, 0.3) is 0 Å².